The van der Waals surface area contributed by atoms with Gasteiger partial charge in [-0.3, -0.25) is 0 Å². The molecule has 0 unspecified atom stereocenters. The van der Waals surface area contributed by atoms with Gasteiger partial charge in [0.25, 0.3) is 0 Å². The maximum atomic E-state index is 14.2. The Morgan fingerprint density at radius 1 is 0.291 bits per heavy atom. The Labute approximate surface area is 421 Å². The van der Waals surface area contributed by atoms with Crippen molar-refractivity contribution in [1.29, 1.82) is 0 Å². The largest absolute Gasteiger partial charge is 0.416 e. The molecule has 0 bridgehead atoms. The molecule has 6 aromatic carbocycles. The third kappa shape index (κ3) is 12.8. The van der Waals surface area contributed by atoms with Gasteiger partial charge in [-0.2, -0.15) is 132 Å². The minimum atomic E-state index is -6.13. The summed E-state index contributed by atoms with van der Waals surface area (Å²) in [4.78, 5) is 0. The quantitative estimate of drug-likeness (QED) is 0.0514. The fourth-order valence-corrected chi connectivity index (χ4v) is 8.39. The van der Waals surface area contributed by atoms with Crippen LogP contribution in [0.2, 0.25) is 0 Å². The summed E-state index contributed by atoms with van der Waals surface area (Å²) < 4.78 is 409. The second-order valence-electron chi connectivity index (χ2n) is 17.0. The number of rotatable bonds is 6. The van der Waals surface area contributed by atoms with E-state index in [9.17, 15) is 127 Å². The number of benzene rings is 6. The van der Waals surface area contributed by atoms with Crippen LogP contribution in [0.25, 0.3) is 10.9 Å². The predicted molar refractivity (Wildman–Crippen MR) is 220 cm³/mol. The van der Waals surface area contributed by atoms with E-state index in [1.54, 1.807) is 36.4 Å². The van der Waals surface area contributed by atoms with Gasteiger partial charge in [0, 0.05) is 17.5 Å². The first-order chi connectivity index (χ1) is 35.8. The van der Waals surface area contributed by atoms with Gasteiger partial charge in [0.05, 0.1) is 50.1 Å². The summed E-state index contributed by atoms with van der Waals surface area (Å²) in [6.45, 7) is -0.465. The van der Waals surface area contributed by atoms with Gasteiger partial charge in [-0.1, -0.05) is 60.7 Å². The highest BCUT2D eigenvalue weighted by molar-refractivity contribution is 7.20. The van der Waals surface area contributed by atoms with Crippen LogP contribution in [-0.2, 0) is 56.0 Å². The maximum Gasteiger partial charge on any atom is 0.416 e. The second kappa shape index (κ2) is 20.5. The molecule has 1 aromatic heterocycles. The molecular formula is C48H21BF29N. The lowest BCUT2D eigenvalue weighted by atomic mass is 9.12. The van der Waals surface area contributed by atoms with Crippen LogP contribution in [0.4, 0.5) is 127 Å². The topological polar surface area (TPSA) is 3.88 Å². The minimum absolute atomic E-state index is 0.465. The van der Waals surface area contributed by atoms with Crippen molar-refractivity contribution in [3.8, 4) is 0 Å². The van der Waals surface area contributed by atoms with Crippen LogP contribution in [-0.4, -0.2) is 6.15 Å². The van der Waals surface area contributed by atoms with Crippen molar-refractivity contribution in [2.24, 2.45) is 0 Å². The zero-order valence-electron chi connectivity index (χ0n) is 37.7. The van der Waals surface area contributed by atoms with Crippen LogP contribution < -0.4 is 26.4 Å². The van der Waals surface area contributed by atoms with Crippen LogP contribution in [0.15, 0.2) is 115 Å². The Morgan fingerprint density at radius 3 is 0.772 bits per heavy atom. The van der Waals surface area contributed by atoms with E-state index in [1.807, 2.05) is 0 Å². The number of fused-ring (bicyclic) bond motifs is 1. The van der Waals surface area contributed by atoms with E-state index >= 15 is 0 Å². The average molecular weight is 1170 g/mol. The van der Waals surface area contributed by atoms with E-state index in [4.69, 9.17) is 0 Å². The van der Waals surface area contributed by atoms with Crippen molar-refractivity contribution in [2.75, 3.05) is 0 Å². The molecule has 0 saturated heterocycles. The fourth-order valence-electron chi connectivity index (χ4n) is 8.39. The second-order valence-corrected chi connectivity index (χ2v) is 17.0. The van der Waals surface area contributed by atoms with Crippen molar-refractivity contribution >= 4 is 38.9 Å². The Hall–Kier alpha value is -7.24. The summed E-state index contributed by atoms with van der Waals surface area (Å²) in [5.74, 6) is -9.64. The SMILES string of the molecule is FC(F)(F)c1cc([B-](c2cc(C(F)(F)F)cc(C(F)(F)F)c2)(c2cc(C(F)(F)F)cc(C(F)(F)F)c2)c2cc(C(F)(F)F)cc(C(F)(F)F)c2)cc(C(F)(F)F)c1.Fc1c(F)c(F)c(C[n+]2cccc3ccccc32)c(F)c1F. The maximum absolute atomic E-state index is 14.2. The molecule has 0 amide bonds. The van der Waals surface area contributed by atoms with E-state index in [-0.39, 0.29) is 0 Å². The summed E-state index contributed by atoms with van der Waals surface area (Å²) in [7, 11) is 0. The van der Waals surface area contributed by atoms with Gasteiger partial charge in [-0.05, 0) is 36.4 Å². The van der Waals surface area contributed by atoms with Crippen LogP contribution in [0.5, 0.6) is 0 Å². The van der Waals surface area contributed by atoms with Crippen molar-refractivity contribution in [3.05, 3.63) is 195 Å². The van der Waals surface area contributed by atoms with Gasteiger partial charge >= 0.3 is 49.4 Å². The number of aromatic nitrogens is 1. The lowest BCUT2D eigenvalue weighted by Crippen LogP contribution is -2.75. The molecule has 0 radical (unpaired) electrons. The molecule has 0 atom stereocenters. The van der Waals surface area contributed by atoms with Crippen LogP contribution >= 0.6 is 0 Å². The molecule has 0 saturated carbocycles. The molecule has 1 heterocycles. The number of hydrogen-bond donors (Lipinski definition) is 0. The zero-order valence-corrected chi connectivity index (χ0v) is 37.7. The van der Waals surface area contributed by atoms with E-state index < -0.39 is 236 Å². The summed E-state index contributed by atoms with van der Waals surface area (Å²) >= 11 is 0. The van der Waals surface area contributed by atoms with E-state index in [0.29, 0.717) is 5.52 Å². The molecular weight excluding hydrogens is 1150 g/mol. The Bertz CT molecular complexity index is 2950. The van der Waals surface area contributed by atoms with Crippen molar-refractivity contribution in [1.82, 2.24) is 0 Å². The summed E-state index contributed by atoms with van der Waals surface area (Å²) in [6, 6.07) is 1.59. The zero-order chi connectivity index (χ0) is 59.8. The standard InChI is InChI=1S/C32H12BF24.C16H9F5N/c34-25(35,36)13-1-14(26(37,38)39)6-21(5-13)33(22-7-15(27(40,41)42)2-16(8-22)28(43,44)45,23-9-17(29(46,47)48)3-18(10-23)30(49,50)51)24-11-19(31(52,53)54)4-20(12-24)32(55,56)57;17-12-10(13(18)15(20)16(21)14(12)19)8-22-7-3-5-9-4-1-2-6-11(9)22/h1-12H;1-7H,8H2/q-1;+1. The number of hydrogen-bond acceptors (Lipinski definition) is 0. The molecule has 7 rings (SSSR count). The molecule has 0 aliphatic heterocycles. The van der Waals surface area contributed by atoms with Gasteiger partial charge in [-0.25, -0.2) is 22.0 Å². The molecule has 31 heteroatoms. The molecule has 0 N–H and O–H groups in total. The lowest BCUT2D eigenvalue weighted by Gasteiger charge is -2.46. The number of nitrogens with zero attached hydrogens (tertiary/aromatic N) is 1. The first kappa shape index (κ1) is 61.0. The van der Waals surface area contributed by atoms with E-state index in [1.165, 1.54) is 10.8 Å². The van der Waals surface area contributed by atoms with Gasteiger partial charge in [0.1, 0.15) is 6.15 Å². The van der Waals surface area contributed by atoms with E-state index in [0.717, 1.165) is 5.39 Å². The lowest BCUT2D eigenvalue weighted by molar-refractivity contribution is -0.662. The Morgan fingerprint density at radius 2 is 0.519 bits per heavy atom. The molecule has 0 fully saturated rings. The number of halogens is 29. The highest BCUT2D eigenvalue weighted by Crippen LogP contribution is 2.41. The monoisotopic (exact) mass is 1170 g/mol. The van der Waals surface area contributed by atoms with Crippen LogP contribution in [0.1, 0.15) is 50.1 Å². The number of alkyl halides is 24. The van der Waals surface area contributed by atoms with Crippen molar-refractivity contribution < 1.29 is 132 Å². The Kier molecular flexibility index (Phi) is 15.8. The van der Waals surface area contributed by atoms with Crippen LogP contribution in [0.3, 0.4) is 0 Å². The highest BCUT2D eigenvalue weighted by atomic mass is 19.4. The summed E-state index contributed by atoms with van der Waals surface area (Å²) in [5.41, 5.74) is -30.4. The molecule has 424 valence electrons. The van der Waals surface area contributed by atoms with Gasteiger partial charge in [0.2, 0.25) is 11.3 Å². The number of pyridine rings is 1. The summed E-state index contributed by atoms with van der Waals surface area (Å²) in [5, 5.41) is 0.786. The normalized spacial score (nSPS) is 13.4. The van der Waals surface area contributed by atoms with E-state index in [2.05, 4.69) is 0 Å². The highest BCUT2D eigenvalue weighted by Gasteiger charge is 2.47. The smallest absolute Gasteiger partial charge is 0.203 e. The molecule has 0 aliphatic carbocycles. The van der Waals surface area contributed by atoms with Gasteiger partial charge in [-0.15, -0.1) is 0 Å². The van der Waals surface area contributed by atoms with Gasteiger partial charge in [0.15, 0.2) is 36.0 Å². The average Bonchev–Trinajstić information content (AvgIpc) is 3.43. The molecule has 0 aliphatic rings. The van der Waals surface area contributed by atoms with Gasteiger partial charge < -0.3 is 0 Å². The van der Waals surface area contributed by atoms with Crippen molar-refractivity contribution in [3.63, 3.8) is 0 Å². The molecule has 7 aromatic rings. The van der Waals surface area contributed by atoms with Crippen molar-refractivity contribution in [2.45, 2.75) is 56.0 Å². The van der Waals surface area contributed by atoms with Crippen LogP contribution in [0, 0.1) is 29.1 Å². The summed E-state index contributed by atoms with van der Waals surface area (Å²) in [6.07, 6.45) is -53.3. The fraction of sp³-hybridized carbons (Fsp3) is 0.188. The first-order valence-electron chi connectivity index (χ1n) is 21.0. The molecule has 0 spiro atoms. The number of para-hydroxylation sites is 1. The third-order valence-electron chi connectivity index (χ3n) is 11.9. The third-order valence-corrected chi connectivity index (χ3v) is 11.9. The molecule has 79 heavy (non-hydrogen) atoms. The Balaban J connectivity index is 0.000000378. The minimum Gasteiger partial charge on any atom is -0.203 e. The molecule has 1 nitrogen and oxygen atoms in total. The first-order valence-corrected chi connectivity index (χ1v) is 21.0. The predicted octanol–water partition coefficient (Wildman–Crippen LogP) is 15.1.